The standard InChI is InChI=1S/C20H29N3O3/c1-26-17-4-2-11-21-18(17)22-12-3-9-20(14-22)10-13-23(19(20)25)15-5-7-16(24)8-6-15/h2,4,11,15-16,24H,3,5-10,12-14H2,1H3/t15-,16-,20-/m0/s1. The minimum atomic E-state index is -0.281. The third-order valence-corrected chi connectivity index (χ3v) is 6.50. The van der Waals surface area contributed by atoms with E-state index < -0.39 is 0 Å². The fourth-order valence-electron chi connectivity index (χ4n) is 5.04. The van der Waals surface area contributed by atoms with Crippen LogP contribution in [0.4, 0.5) is 5.82 Å². The molecule has 0 bridgehead atoms. The number of aromatic nitrogens is 1. The van der Waals surface area contributed by atoms with E-state index in [-0.39, 0.29) is 11.5 Å². The van der Waals surface area contributed by atoms with E-state index in [1.807, 2.05) is 12.1 Å². The number of methoxy groups -OCH3 is 1. The lowest BCUT2D eigenvalue weighted by Gasteiger charge is -2.41. The minimum absolute atomic E-state index is 0.181. The van der Waals surface area contributed by atoms with Crippen molar-refractivity contribution < 1.29 is 14.6 Å². The van der Waals surface area contributed by atoms with Gasteiger partial charge in [0.05, 0.1) is 18.6 Å². The van der Waals surface area contributed by atoms with Crippen LogP contribution >= 0.6 is 0 Å². The predicted molar refractivity (Wildman–Crippen MR) is 99.3 cm³/mol. The highest BCUT2D eigenvalue weighted by atomic mass is 16.5. The number of carbonyl (C=O) groups is 1. The van der Waals surface area contributed by atoms with Gasteiger partial charge in [-0.1, -0.05) is 0 Å². The monoisotopic (exact) mass is 359 g/mol. The Balaban J connectivity index is 1.51. The van der Waals surface area contributed by atoms with Crippen LogP contribution < -0.4 is 9.64 Å². The molecule has 1 aromatic rings. The van der Waals surface area contributed by atoms with Gasteiger partial charge in [0.15, 0.2) is 11.6 Å². The molecule has 1 saturated carbocycles. The van der Waals surface area contributed by atoms with E-state index in [1.165, 1.54) is 0 Å². The third-order valence-electron chi connectivity index (χ3n) is 6.50. The van der Waals surface area contributed by atoms with E-state index in [0.717, 1.165) is 76.1 Å². The average molecular weight is 359 g/mol. The Morgan fingerprint density at radius 1 is 1.23 bits per heavy atom. The Hall–Kier alpha value is -1.82. The van der Waals surface area contributed by atoms with Crippen molar-refractivity contribution in [1.29, 1.82) is 0 Å². The highest BCUT2D eigenvalue weighted by Gasteiger charge is 2.51. The molecule has 1 amide bonds. The van der Waals surface area contributed by atoms with Gasteiger partial charge in [0, 0.05) is 31.9 Å². The van der Waals surface area contributed by atoms with Crippen LogP contribution in [-0.4, -0.2) is 59.8 Å². The van der Waals surface area contributed by atoms with E-state index >= 15 is 0 Å². The number of rotatable bonds is 3. The summed E-state index contributed by atoms with van der Waals surface area (Å²) in [7, 11) is 1.67. The molecular formula is C20H29N3O3. The van der Waals surface area contributed by atoms with E-state index in [9.17, 15) is 9.90 Å². The molecule has 1 aromatic heterocycles. The molecule has 0 aromatic carbocycles. The van der Waals surface area contributed by atoms with Crippen LogP contribution in [0, 0.1) is 5.41 Å². The smallest absolute Gasteiger partial charge is 0.230 e. The Kier molecular flexibility index (Phi) is 4.78. The molecular weight excluding hydrogens is 330 g/mol. The van der Waals surface area contributed by atoms with Crippen molar-refractivity contribution in [3.63, 3.8) is 0 Å². The number of aliphatic hydroxyl groups excluding tert-OH is 1. The number of carbonyl (C=O) groups excluding carboxylic acids is 1. The summed E-state index contributed by atoms with van der Waals surface area (Å²) in [5, 5.41) is 9.76. The number of nitrogens with zero attached hydrogens (tertiary/aromatic N) is 3. The molecule has 1 aliphatic carbocycles. The highest BCUT2D eigenvalue weighted by Crippen LogP contribution is 2.44. The molecule has 0 radical (unpaired) electrons. The largest absolute Gasteiger partial charge is 0.493 e. The summed E-state index contributed by atoms with van der Waals surface area (Å²) in [4.78, 5) is 22.2. The zero-order valence-corrected chi connectivity index (χ0v) is 15.6. The molecule has 6 nitrogen and oxygen atoms in total. The second kappa shape index (κ2) is 7.06. The van der Waals surface area contributed by atoms with Crippen LogP contribution in [0.1, 0.15) is 44.9 Å². The lowest BCUT2D eigenvalue weighted by molar-refractivity contribution is -0.139. The molecule has 1 N–H and O–H groups in total. The molecule has 3 heterocycles. The summed E-state index contributed by atoms with van der Waals surface area (Å²) < 4.78 is 5.48. The van der Waals surface area contributed by atoms with Crippen molar-refractivity contribution in [2.45, 2.75) is 57.1 Å². The summed E-state index contributed by atoms with van der Waals surface area (Å²) in [6.07, 6.45) is 8.00. The summed E-state index contributed by atoms with van der Waals surface area (Å²) in [6, 6.07) is 4.12. The first-order valence-electron chi connectivity index (χ1n) is 9.86. The fourth-order valence-corrected chi connectivity index (χ4v) is 5.04. The van der Waals surface area contributed by atoms with Gasteiger partial charge in [0.2, 0.25) is 5.91 Å². The van der Waals surface area contributed by atoms with Crippen molar-refractivity contribution >= 4 is 11.7 Å². The summed E-state index contributed by atoms with van der Waals surface area (Å²) >= 11 is 0. The number of anilines is 1. The highest BCUT2D eigenvalue weighted by molar-refractivity contribution is 5.86. The normalized spacial score (nSPS) is 32.3. The van der Waals surface area contributed by atoms with Crippen LogP contribution in [0.3, 0.4) is 0 Å². The number of piperidine rings is 1. The van der Waals surface area contributed by atoms with Gasteiger partial charge in [0.25, 0.3) is 0 Å². The van der Waals surface area contributed by atoms with Gasteiger partial charge in [-0.05, 0) is 57.1 Å². The SMILES string of the molecule is COc1cccnc1N1CCC[C@]2(CCN([C@H]3CC[C@H](O)CC3)C2=O)C1. The molecule has 1 atom stereocenters. The predicted octanol–water partition coefficient (Wildman–Crippen LogP) is 2.21. The maximum absolute atomic E-state index is 13.4. The lowest BCUT2D eigenvalue weighted by atomic mass is 9.78. The van der Waals surface area contributed by atoms with E-state index in [4.69, 9.17) is 4.74 Å². The number of aliphatic hydroxyl groups is 1. The summed E-state index contributed by atoms with van der Waals surface area (Å²) in [5.41, 5.74) is -0.281. The second-order valence-electron chi connectivity index (χ2n) is 8.05. The fraction of sp³-hybridized carbons (Fsp3) is 0.700. The molecule has 0 unspecified atom stereocenters. The van der Waals surface area contributed by atoms with Crippen LogP contribution in [0.15, 0.2) is 18.3 Å². The van der Waals surface area contributed by atoms with Crippen molar-refractivity contribution in [1.82, 2.24) is 9.88 Å². The number of likely N-dealkylation sites (tertiary alicyclic amines) is 1. The maximum Gasteiger partial charge on any atom is 0.230 e. The Morgan fingerprint density at radius 3 is 2.81 bits per heavy atom. The first-order valence-corrected chi connectivity index (χ1v) is 9.86. The maximum atomic E-state index is 13.4. The quantitative estimate of drug-likeness (QED) is 0.896. The van der Waals surface area contributed by atoms with Crippen LogP contribution in [-0.2, 0) is 4.79 Å². The molecule has 6 heteroatoms. The van der Waals surface area contributed by atoms with Crippen molar-refractivity contribution in [2.24, 2.45) is 5.41 Å². The zero-order chi connectivity index (χ0) is 18.1. The molecule has 3 fully saturated rings. The minimum Gasteiger partial charge on any atom is -0.493 e. The van der Waals surface area contributed by atoms with E-state index in [1.54, 1.807) is 13.3 Å². The first kappa shape index (κ1) is 17.6. The molecule has 3 aliphatic rings. The number of pyridine rings is 1. The summed E-state index contributed by atoms with van der Waals surface area (Å²) in [5.74, 6) is 1.94. The van der Waals surface area contributed by atoms with Gasteiger partial charge >= 0.3 is 0 Å². The lowest BCUT2D eigenvalue weighted by Crippen LogP contribution is -2.50. The van der Waals surface area contributed by atoms with Gasteiger partial charge in [-0.15, -0.1) is 0 Å². The van der Waals surface area contributed by atoms with Crippen LogP contribution in [0.25, 0.3) is 0 Å². The summed E-state index contributed by atoms with van der Waals surface area (Å²) in [6.45, 7) is 2.50. The Bertz CT molecular complexity index is 659. The van der Waals surface area contributed by atoms with Crippen molar-refractivity contribution in [3.05, 3.63) is 18.3 Å². The van der Waals surface area contributed by atoms with Crippen molar-refractivity contribution in [3.8, 4) is 5.75 Å². The number of hydrogen-bond donors (Lipinski definition) is 1. The number of hydrogen-bond acceptors (Lipinski definition) is 5. The third kappa shape index (κ3) is 3.04. The van der Waals surface area contributed by atoms with Gasteiger partial charge in [0.1, 0.15) is 0 Å². The first-order chi connectivity index (χ1) is 12.6. The second-order valence-corrected chi connectivity index (χ2v) is 8.05. The molecule has 26 heavy (non-hydrogen) atoms. The zero-order valence-electron chi connectivity index (χ0n) is 15.6. The molecule has 142 valence electrons. The molecule has 1 spiro atoms. The van der Waals surface area contributed by atoms with Gasteiger partial charge in [-0.3, -0.25) is 4.79 Å². The Labute approximate surface area is 155 Å². The number of ether oxygens (including phenoxy) is 1. The van der Waals surface area contributed by atoms with Gasteiger partial charge in [-0.25, -0.2) is 4.98 Å². The topological polar surface area (TPSA) is 65.9 Å². The van der Waals surface area contributed by atoms with Crippen LogP contribution in [0.5, 0.6) is 5.75 Å². The molecule has 4 rings (SSSR count). The molecule has 2 saturated heterocycles. The van der Waals surface area contributed by atoms with E-state index in [0.29, 0.717) is 11.9 Å². The van der Waals surface area contributed by atoms with Gasteiger partial charge in [-0.2, -0.15) is 0 Å². The van der Waals surface area contributed by atoms with Gasteiger partial charge < -0.3 is 19.6 Å². The van der Waals surface area contributed by atoms with Crippen molar-refractivity contribution in [2.75, 3.05) is 31.6 Å². The average Bonchev–Trinajstić information content (AvgIpc) is 2.98. The van der Waals surface area contributed by atoms with E-state index in [2.05, 4.69) is 14.8 Å². The number of amides is 1. The van der Waals surface area contributed by atoms with Crippen LogP contribution in [0.2, 0.25) is 0 Å². The molecule has 2 aliphatic heterocycles. The Morgan fingerprint density at radius 2 is 2.04 bits per heavy atom.